The summed E-state index contributed by atoms with van der Waals surface area (Å²) in [6.45, 7) is 8.00. The standard InChI is InChI=1S/C14H20N2O2/c1-4-6-10(3)16-14(17)11-7-8-13(18-5-2)12(15)9-11/h4,7-10H,1,5-6,15H2,2-3H3,(H,16,17). The number of carbonyl (C=O) groups is 1. The number of rotatable bonds is 6. The van der Waals surface area contributed by atoms with Crippen molar-refractivity contribution in [3.8, 4) is 5.75 Å². The molecular weight excluding hydrogens is 228 g/mol. The minimum absolute atomic E-state index is 0.0581. The van der Waals surface area contributed by atoms with Gasteiger partial charge in [0, 0.05) is 11.6 Å². The molecule has 0 aliphatic heterocycles. The molecule has 0 heterocycles. The van der Waals surface area contributed by atoms with E-state index in [2.05, 4.69) is 11.9 Å². The highest BCUT2D eigenvalue weighted by molar-refractivity contribution is 5.95. The zero-order chi connectivity index (χ0) is 13.5. The van der Waals surface area contributed by atoms with Crippen LogP contribution >= 0.6 is 0 Å². The zero-order valence-electron chi connectivity index (χ0n) is 10.9. The van der Waals surface area contributed by atoms with Crippen molar-refractivity contribution in [1.82, 2.24) is 5.32 Å². The van der Waals surface area contributed by atoms with Gasteiger partial charge in [-0.2, -0.15) is 0 Å². The van der Waals surface area contributed by atoms with Crippen LogP contribution in [0.25, 0.3) is 0 Å². The minimum atomic E-state index is -0.140. The molecule has 4 nitrogen and oxygen atoms in total. The van der Waals surface area contributed by atoms with Crippen LogP contribution in [0.3, 0.4) is 0 Å². The van der Waals surface area contributed by atoms with Crippen molar-refractivity contribution in [2.24, 2.45) is 0 Å². The lowest BCUT2D eigenvalue weighted by Gasteiger charge is -2.13. The second-order valence-corrected chi connectivity index (χ2v) is 4.08. The van der Waals surface area contributed by atoms with Crippen LogP contribution in [-0.2, 0) is 0 Å². The fraction of sp³-hybridized carbons (Fsp3) is 0.357. The molecule has 0 bridgehead atoms. The number of nitrogen functional groups attached to an aromatic ring is 1. The van der Waals surface area contributed by atoms with Crippen LogP contribution in [0.5, 0.6) is 5.75 Å². The van der Waals surface area contributed by atoms with Crippen LogP contribution in [0, 0.1) is 0 Å². The van der Waals surface area contributed by atoms with Gasteiger partial charge in [-0.3, -0.25) is 4.79 Å². The number of nitrogens with two attached hydrogens (primary N) is 1. The Morgan fingerprint density at radius 2 is 2.33 bits per heavy atom. The molecular formula is C14H20N2O2. The fourth-order valence-corrected chi connectivity index (χ4v) is 1.59. The van der Waals surface area contributed by atoms with E-state index in [-0.39, 0.29) is 11.9 Å². The van der Waals surface area contributed by atoms with Crippen LogP contribution in [0.4, 0.5) is 5.69 Å². The van der Waals surface area contributed by atoms with Gasteiger partial charge in [-0.1, -0.05) is 6.08 Å². The van der Waals surface area contributed by atoms with E-state index >= 15 is 0 Å². The van der Waals surface area contributed by atoms with Crippen molar-refractivity contribution >= 4 is 11.6 Å². The first kappa shape index (κ1) is 14.1. The van der Waals surface area contributed by atoms with Crippen LogP contribution in [0.1, 0.15) is 30.6 Å². The second kappa shape index (κ2) is 6.69. The molecule has 1 rings (SSSR count). The molecule has 0 saturated heterocycles. The smallest absolute Gasteiger partial charge is 0.251 e. The van der Waals surface area contributed by atoms with E-state index in [0.29, 0.717) is 23.6 Å². The van der Waals surface area contributed by atoms with E-state index in [1.165, 1.54) is 0 Å². The van der Waals surface area contributed by atoms with Crippen molar-refractivity contribution in [3.05, 3.63) is 36.4 Å². The first-order valence-corrected chi connectivity index (χ1v) is 6.02. The molecule has 3 N–H and O–H groups in total. The van der Waals surface area contributed by atoms with E-state index in [1.807, 2.05) is 13.8 Å². The molecule has 98 valence electrons. The van der Waals surface area contributed by atoms with Gasteiger partial charge in [0.25, 0.3) is 5.91 Å². The van der Waals surface area contributed by atoms with Gasteiger partial charge >= 0.3 is 0 Å². The average Bonchev–Trinajstić information content (AvgIpc) is 2.32. The summed E-state index contributed by atoms with van der Waals surface area (Å²) in [6, 6.07) is 5.10. The summed E-state index contributed by atoms with van der Waals surface area (Å²) in [4.78, 5) is 11.9. The Labute approximate surface area is 108 Å². The molecule has 0 spiro atoms. The highest BCUT2D eigenvalue weighted by atomic mass is 16.5. The Bertz CT molecular complexity index is 430. The Morgan fingerprint density at radius 1 is 1.61 bits per heavy atom. The van der Waals surface area contributed by atoms with Crippen molar-refractivity contribution in [2.75, 3.05) is 12.3 Å². The lowest BCUT2D eigenvalue weighted by molar-refractivity contribution is 0.0940. The predicted octanol–water partition coefficient (Wildman–Crippen LogP) is 2.36. The van der Waals surface area contributed by atoms with Crippen LogP contribution in [0.2, 0.25) is 0 Å². The highest BCUT2D eigenvalue weighted by Crippen LogP contribution is 2.22. The third-order valence-corrected chi connectivity index (χ3v) is 2.47. The van der Waals surface area contributed by atoms with Gasteiger partial charge in [0.2, 0.25) is 0 Å². The molecule has 0 radical (unpaired) electrons. The number of amides is 1. The monoisotopic (exact) mass is 248 g/mol. The summed E-state index contributed by atoms with van der Waals surface area (Å²) >= 11 is 0. The van der Waals surface area contributed by atoms with Gasteiger partial charge in [-0.25, -0.2) is 0 Å². The van der Waals surface area contributed by atoms with Gasteiger partial charge in [-0.15, -0.1) is 6.58 Å². The summed E-state index contributed by atoms with van der Waals surface area (Å²) in [5, 5.41) is 2.87. The van der Waals surface area contributed by atoms with Crippen molar-refractivity contribution in [2.45, 2.75) is 26.3 Å². The van der Waals surface area contributed by atoms with Crippen molar-refractivity contribution in [3.63, 3.8) is 0 Å². The molecule has 1 aromatic rings. The Morgan fingerprint density at radius 3 is 2.89 bits per heavy atom. The third-order valence-electron chi connectivity index (χ3n) is 2.47. The summed E-state index contributed by atoms with van der Waals surface area (Å²) in [5.41, 5.74) is 6.82. The maximum atomic E-state index is 11.9. The van der Waals surface area contributed by atoms with E-state index in [9.17, 15) is 4.79 Å². The molecule has 0 aliphatic rings. The van der Waals surface area contributed by atoms with Gasteiger partial charge in [0.05, 0.1) is 12.3 Å². The van der Waals surface area contributed by atoms with Crippen LogP contribution < -0.4 is 15.8 Å². The first-order valence-electron chi connectivity index (χ1n) is 6.02. The highest BCUT2D eigenvalue weighted by Gasteiger charge is 2.10. The fourth-order valence-electron chi connectivity index (χ4n) is 1.59. The number of nitrogens with one attached hydrogen (secondary N) is 1. The maximum absolute atomic E-state index is 11.9. The number of ether oxygens (including phenoxy) is 1. The first-order chi connectivity index (χ1) is 8.58. The molecule has 18 heavy (non-hydrogen) atoms. The van der Waals surface area contributed by atoms with Crippen LogP contribution in [0.15, 0.2) is 30.9 Å². The molecule has 4 heteroatoms. The maximum Gasteiger partial charge on any atom is 0.251 e. The van der Waals surface area contributed by atoms with Gasteiger partial charge < -0.3 is 15.8 Å². The molecule has 1 atom stereocenters. The van der Waals surface area contributed by atoms with Gasteiger partial charge in [0.1, 0.15) is 5.75 Å². The SMILES string of the molecule is C=CCC(C)NC(=O)c1ccc(OCC)c(N)c1. The lowest BCUT2D eigenvalue weighted by Crippen LogP contribution is -2.32. The zero-order valence-corrected chi connectivity index (χ0v) is 10.9. The average molecular weight is 248 g/mol. The predicted molar refractivity (Wildman–Crippen MR) is 73.8 cm³/mol. The summed E-state index contributed by atoms with van der Waals surface area (Å²) in [5.74, 6) is 0.465. The number of carbonyl (C=O) groups excluding carboxylic acids is 1. The van der Waals surface area contributed by atoms with Gasteiger partial charge in [-0.05, 0) is 38.5 Å². The number of anilines is 1. The minimum Gasteiger partial charge on any atom is -0.492 e. The molecule has 0 fully saturated rings. The summed E-state index contributed by atoms with van der Waals surface area (Å²) < 4.78 is 5.32. The Balaban J connectivity index is 2.75. The number of benzene rings is 1. The molecule has 1 unspecified atom stereocenters. The van der Waals surface area contributed by atoms with E-state index in [1.54, 1.807) is 24.3 Å². The molecule has 1 amide bonds. The number of hydrogen-bond donors (Lipinski definition) is 2. The quantitative estimate of drug-likeness (QED) is 0.600. The molecule has 0 saturated carbocycles. The topological polar surface area (TPSA) is 64.3 Å². The molecule has 0 aliphatic carbocycles. The van der Waals surface area contributed by atoms with Crippen molar-refractivity contribution in [1.29, 1.82) is 0 Å². The summed E-state index contributed by atoms with van der Waals surface area (Å²) in [6.07, 6.45) is 2.51. The summed E-state index contributed by atoms with van der Waals surface area (Å²) in [7, 11) is 0. The lowest BCUT2D eigenvalue weighted by atomic mass is 10.1. The van der Waals surface area contributed by atoms with Crippen LogP contribution in [-0.4, -0.2) is 18.6 Å². The normalized spacial score (nSPS) is 11.7. The van der Waals surface area contributed by atoms with Gasteiger partial charge in [0.15, 0.2) is 0 Å². The number of hydrogen-bond acceptors (Lipinski definition) is 3. The Hall–Kier alpha value is -1.97. The van der Waals surface area contributed by atoms with Crippen molar-refractivity contribution < 1.29 is 9.53 Å². The van der Waals surface area contributed by atoms with E-state index < -0.39 is 0 Å². The van der Waals surface area contributed by atoms with E-state index in [0.717, 1.165) is 6.42 Å². The second-order valence-electron chi connectivity index (χ2n) is 4.08. The van der Waals surface area contributed by atoms with E-state index in [4.69, 9.17) is 10.5 Å². The Kier molecular flexibility index (Phi) is 5.24. The molecule has 1 aromatic carbocycles. The molecule has 0 aromatic heterocycles. The third kappa shape index (κ3) is 3.80. The largest absolute Gasteiger partial charge is 0.492 e.